The van der Waals surface area contributed by atoms with Crippen LogP contribution in [0, 0.1) is 0 Å². The molecule has 10 heteroatoms. The number of rotatable bonds is 8. The number of carbonyl (C=O) groups excluding carboxylic acids is 2. The van der Waals surface area contributed by atoms with Crippen molar-refractivity contribution >= 4 is 45.6 Å². The Bertz CT molecular complexity index is 472. The van der Waals surface area contributed by atoms with Crippen molar-refractivity contribution in [1.82, 2.24) is 4.90 Å². The molecule has 0 saturated heterocycles. The van der Waals surface area contributed by atoms with Crippen LogP contribution in [-0.2, 0) is 21.9 Å². The highest BCUT2D eigenvalue weighted by Crippen LogP contribution is 2.27. The molecule has 1 aliphatic heterocycles. The Labute approximate surface area is 149 Å². The highest BCUT2D eigenvalue weighted by Gasteiger charge is 2.53. The molecule has 0 N–H and O–H groups in total. The molecule has 24 heavy (non-hydrogen) atoms. The van der Waals surface area contributed by atoms with E-state index in [0.29, 0.717) is 0 Å². The Morgan fingerprint density at radius 3 is 1.25 bits per heavy atom. The van der Waals surface area contributed by atoms with Gasteiger partial charge in [-0.2, -0.15) is 0 Å². The minimum absolute atomic E-state index is 0.0937. The molecular formula is C14H31NO5Si4. The number of imide groups is 1. The third kappa shape index (κ3) is 7.25. The smallest absolute Gasteiger partial charge is 0.416 e. The van der Waals surface area contributed by atoms with E-state index in [2.05, 4.69) is 58.9 Å². The maximum atomic E-state index is 12.1. The van der Waals surface area contributed by atoms with Crippen molar-refractivity contribution in [1.29, 1.82) is 0 Å². The summed E-state index contributed by atoms with van der Waals surface area (Å²) in [6.07, 6.45) is 2.68. The Morgan fingerprint density at radius 1 is 0.708 bits per heavy atom. The van der Waals surface area contributed by atoms with E-state index in [0.717, 1.165) is 0 Å². The fourth-order valence-corrected chi connectivity index (χ4v) is 16.6. The topological polar surface area (TPSA) is 65.1 Å². The lowest BCUT2D eigenvalue weighted by atomic mass is 10.6. The van der Waals surface area contributed by atoms with Crippen LogP contribution < -0.4 is 0 Å². The average Bonchev–Trinajstić information content (AvgIpc) is 2.52. The second-order valence-electron chi connectivity index (χ2n) is 8.92. The molecule has 1 heterocycles. The molecule has 0 aliphatic carbocycles. The molecule has 0 atom stereocenters. The van der Waals surface area contributed by atoms with Gasteiger partial charge in [-0.25, -0.2) is 0 Å². The molecule has 0 bridgehead atoms. The lowest BCUT2D eigenvalue weighted by Gasteiger charge is -2.43. The highest BCUT2D eigenvalue weighted by molar-refractivity contribution is 6.90. The summed E-state index contributed by atoms with van der Waals surface area (Å²) in [7, 11) is -9.29. The summed E-state index contributed by atoms with van der Waals surface area (Å²) >= 11 is 0. The minimum Gasteiger partial charge on any atom is -0.416 e. The number of hydrogen-bond donors (Lipinski definition) is 0. The number of nitrogens with zero attached hydrogens (tertiary/aromatic N) is 1. The van der Waals surface area contributed by atoms with Gasteiger partial charge in [0.15, 0.2) is 25.0 Å². The first kappa shape index (κ1) is 21.7. The van der Waals surface area contributed by atoms with Crippen LogP contribution in [0.3, 0.4) is 0 Å². The fraction of sp³-hybridized carbons (Fsp3) is 0.714. The van der Waals surface area contributed by atoms with Gasteiger partial charge in [-0.3, -0.25) is 14.5 Å². The SMILES string of the molecule is C[Si](C)(C)O[Si](CN1C(=O)C=CC1=O)(O[Si](C)(C)C)O[Si](C)(C)C. The zero-order valence-corrected chi connectivity index (χ0v) is 20.4. The third-order valence-electron chi connectivity index (χ3n) is 2.64. The van der Waals surface area contributed by atoms with E-state index in [1.54, 1.807) is 0 Å². The summed E-state index contributed by atoms with van der Waals surface area (Å²) in [5.41, 5.74) is 0. The molecule has 0 saturated carbocycles. The van der Waals surface area contributed by atoms with Crippen molar-refractivity contribution in [2.75, 3.05) is 6.17 Å². The summed E-state index contributed by atoms with van der Waals surface area (Å²) < 4.78 is 19.4. The molecule has 0 aromatic rings. The van der Waals surface area contributed by atoms with Crippen LogP contribution in [0.15, 0.2) is 12.2 Å². The molecule has 138 valence electrons. The summed E-state index contributed by atoms with van der Waals surface area (Å²) in [4.78, 5) is 25.3. The van der Waals surface area contributed by atoms with Crippen LogP contribution in [0.2, 0.25) is 58.9 Å². The molecule has 0 aromatic heterocycles. The van der Waals surface area contributed by atoms with E-state index in [4.69, 9.17) is 12.3 Å². The predicted octanol–water partition coefficient (Wildman–Crippen LogP) is 2.94. The van der Waals surface area contributed by atoms with E-state index in [-0.39, 0.29) is 18.0 Å². The van der Waals surface area contributed by atoms with Crippen molar-refractivity contribution in [2.45, 2.75) is 58.9 Å². The van der Waals surface area contributed by atoms with E-state index < -0.39 is 33.8 Å². The number of carbonyl (C=O) groups is 2. The van der Waals surface area contributed by atoms with Gasteiger partial charge in [0.2, 0.25) is 0 Å². The zero-order chi connectivity index (χ0) is 19.0. The van der Waals surface area contributed by atoms with Gasteiger partial charge in [0.1, 0.15) is 0 Å². The summed E-state index contributed by atoms with van der Waals surface area (Å²) in [5.74, 6) is -0.649. The van der Waals surface area contributed by atoms with Crippen molar-refractivity contribution in [3.05, 3.63) is 12.2 Å². The van der Waals surface area contributed by atoms with Crippen LogP contribution in [0.1, 0.15) is 0 Å². The Morgan fingerprint density at radius 2 is 1.00 bits per heavy atom. The summed E-state index contributed by atoms with van der Waals surface area (Å²) in [6, 6.07) is 0. The molecule has 2 amide bonds. The molecule has 0 unspecified atom stereocenters. The molecule has 0 aromatic carbocycles. The normalized spacial score (nSPS) is 17.1. The number of amides is 2. The quantitative estimate of drug-likeness (QED) is 0.459. The van der Waals surface area contributed by atoms with Gasteiger partial charge in [-0.1, -0.05) is 0 Å². The summed E-state index contributed by atoms with van der Waals surface area (Å²) in [5, 5.41) is 0. The second kappa shape index (κ2) is 7.09. The van der Waals surface area contributed by atoms with E-state index in [1.165, 1.54) is 17.1 Å². The lowest BCUT2D eigenvalue weighted by molar-refractivity contribution is -0.136. The van der Waals surface area contributed by atoms with Crippen LogP contribution in [0.25, 0.3) is 0 Å². The molecule has 0 fully saturated rings. The van der Waals surface area contributed by atoms with Gasteiger partial charge < -0.3 is 12.3 Å². The van der Waals surface area contributed by atoms with Crippen LogP contribution in [0.4, 0.5) is 0 Å². The fourth-order valence-electron chi connectivity index (χ4n) is 2.34. The first-order chi connectivity index (χ1) is 10.5. The largest absolute Gasteiger partial charge is 0.490 e. The Hall–Kier alpha value is -0.372. The minimum atomic E-state index is -3.22. The average molecular weight is 406 g/mol. The Kier molecular flexibility index (Phi) is 6.40. The molecule has 0 radical (unpaired) electrons. The predicted molar refractivity (Wildman–Crippen MR) is 105 cm³/mol. The monoisotopic (exact) mass is 405 g/mol. The van der Waals surface area contributed by atoms with Crippen LogP contribution in [0.5, 0.6) is 0 Å². The number of hydrogen-bond acceptors (Lipinski definition) is 5. The van der Waals surface area contributed by atoms with Gasteiger partial charge in [-0.05, 0) is 58.9 Å². The zero-order valence-electron chi connectivity index (χ0n) is 16.4. The Balaban J connectivity index is 3.27. The highest BCUT2D eigenvalue weighted by atomic mass is 28.5. The van der Waals surface area contributed by atoms with Crippen LogP contribution >= 0.6 is 0 Å². The second-order valence-corrected chi connectivity index (χ2v) is 25.7. The van der Waals surface area contributed by atoms with Crippen molar-refractivity contribution < 1.29 is 21.9 Å². The van der Waals surface area contributed by atoms with Crippen LogP contribution in [-0.4, -0.2) is 56.6 Å². The molecular weight excluding hydrogens is 375 g/mol. The molecule has 6 nitrogen and oxygen atoms in total. The maximum absolute atomic E-state index is 12.1. The molecule has 1 rings (SSSR count). The van der Waals surface area contributed by atoms with Gasteiger partial charge in [0.05, 0.1) is 6.17 Å². The van der Waals surface area contributed by atoms with Gasteiger partial charge in [0.25, 0.3) is 11.8 Å². The first-order valence-electron chi connectivity index (χ1n) is 8.16. The standard InChI is InChI=1S/C14H31NO5Si4/c1-21(2,3)18-24(19-22(4,5)6,20-23(7,8)9)12-15-13(16)10-11-14(15)17/h10-11H,12H2,1-9H3. The molecule has 1 aliphatic rings. The van der Waals surface area contributed by atoms with E-state index >= 15 is 0 Å². The van der Waals surface area contributed by atoms with Crippen molar-refractivity contribution in [3.8, 4) is 0 Å². The van der Waals surface area contributed by atoms with Gasteiger partial charge in [-0.15, -0.1) is 0 Å². The first-order valence-corrected chi connectivity index (χ1v) is 20.3. The third-order valence-corrected chi connectivity index (χ3v) is 14.4. The summed E-state index contributed by atoms with van der Waals surface area (Å²) in [6.45, 7) is 18.6. The van der Waals surface area contributed by atoms with Gasteiger partial charge in [0, 0.05) is 12.2 Å². The maximum Gasteiger partial charge on any atom is 0.490 e. The van der Waals surface area contributed by atoms with Crippen molar-refractivity contribution in [2.24, 2.45) is 0 Å². The van der Waals surface area contributed by atoms with Crippen molar-refractivity contribution in [3.63, 3.8) is 0 Å². The lowest BCUT2D eigenvalue weighted by Crippen LogP contribution is -2.66. The van der Waals surface area contributed by atoms with E-state index in [9.17, 15) is 9.59 Å². The van der Waals surface area contributed by atoms with Gasteiger partial charge >= 0.3 is 8.80 Å². The molecule has 0 spiro atoms. The van der Waals surface area contributed by atoms with E-state index in [1.807, 2.05) is 0 Å².